The van der Waals surface area contributed by atoms with Crippen LogP contribution in [-0.2, 0) is 10.2 Å². The lowest BCUT2D eigenvalue weighted by Gasteiger charge is -2.20. The first-order valence-corrected chi connectivity index (χ1v) is 6.48. The van der Waals surface area contributed by atoms with Gasteiger partial charge in [-0.3, -0.25) is 4.79 Å². The molecule has 0 aliphatic heterocycles. The van der Waals surface area contributed by atoms with Gasteiger partial charge in [0, 0.05) is 10.6 Å². The smallest absolute Gasteiger partial charge is 0.326 e. The molecule has 2 rings (SSSR count). The van der Waals surface area contributed by atoms with Gasteiger partial charge >= 0.3 is 5.97 Å². The molecule has 0 radical (unpaired) electrons. The number of carbonyl (C=O) groups is 1. The third kappa shape index (κ3) is 2.84. The van der Waals surface area contributed by atoms with Crippen molar-refractivity contribution < 1.29 is 9.90 Å². The van der Waals surface area contributed by atoms with E-state index >= 15 is 0 Å². The fraction of sp³-hybridized carbons (Fsp3) is 0.118. The largest absolute Gasteiger partial charge is 0.480 e. The Kier molecular flexibility index (Phi) is 4.12. The van der Waals surface area contributed by atoms with Gasteiger partial charge in [0.2, 0.25) is 0 Å². The average Bonchev–Trinajstić information content (AvgIpc) is 2.46. The fourth-order valence-corrected chi connectivity index (χ4v) is 2.15. The fourth-order valence-electron chi connectivity index (χ4n) is 1.82. The highest BCUT2D eigenvalue weighted by molar-refractivity contribution is 6.31. The summed E-state index contributed by atoms with van der Waals surface area (Å²) in [5.41, 5.74) is -0.0709. The first-order chi connectivity index (χ1) is 9.54. The van der Waals surface area contributed by atoms with Crippen molar-refractivity contribution in [2.75, 3.05) is 0 Å². The maximum atomic E-state index is 11.6. The molecule has 1 unspecified atom stereocenters. The SMILES string of the molecule is CC(C#Cc1ccccc1)(C(=O)O)c1ccccc1Cl. The Morgan fingerprint density at radius 3 is 2.30 bits per heavy atom. The minimum absolute atomic E-state index is 0.403. The zero-order chi connectivity index (χ0) is 14.6. The first kappa shape index (κ1) is 14.2. The Labute approximate surface area is 123 Å². The van der Waals surface area contributed by atoms with Gasteiger partial charge in [-0.1, -0.05) is 59.8 Å². The highest BCUT2D eigenvalue weighted by Gasteiger charge is 2.35. The van der Waals surface area contributed by atoms with Gasteiger partial charge in [-0.25, -0.2) is 0 Å². The van der Waals surface area contributed by atoms with Crippen molar-refractivity contribution in [3.63, 3.8) is 0 Å². The Balaban J connectivity index is 2.50. The second kappa shape index (κ2) is 5.81. The van der Waals surface area contributed by atoms with E-state index in [0.717, 1.165) is 5.56 Å². The van der Waals surface area contributed by atoms with E-state index in [1.165, 1.54) is 0 Å². The van der Waals surface area contributed by atoms with Crippen LogP contribution in [0.1, 0.15) is 18.1 Å². The number of halogens is 1. The van der Waals surface area contributed by atoms with Crippen molar-refractivity contribution in [1.82, 2.24) is 0 Å². The minimum Gasteiger partial charge on any atom is -0.480 e. The van der Waals surface area contributed by atoms with Crippen LogP contribution < -0.4 is 0 Å². The maximum Gasteiger partial charge on any atom is 0.326 e. The van der Waals surface area contributed by atoms with Crippen LogP contribution in [0.4, 0.5) is 0 Å². The van der Waals surface area contributed by atoms with Crippen LogP contribution in [0.15, 0.2) is 54.6 Å². The number of aliphatic carboxylic acids is 1. The number of hydrogen-bond acceptors (Lipinski definition) is 1. The number of carboxylic acid groups (broad SMARTS) is 1. The number of rotatable bonds is 2. The van der Waals surface area contributed by atoms with E-state index in [2.05, 4.69) is 11.8 Å². The van der Waals surface area contributed by atoms with Crippen LogP contribution in [0.2, 0.25) is 5.02 Å². The predicted octanol–water partition coefficient (Wildman–Crippen LogP) is 3.73. The van der Waals surface area contributed by atoms with Crippen LogP contribution in [0, 0.1) is 11.8 Å². The summed E-state index contributed by atoms with van der Waals surface area (Å²) in [6.07, 6.45) is 0. The van der Waals surface area contributed by atoms with Gasteiger partial charge in [0.1, 0.15) is 0 Å². The number of benzene rings is 2. The monoisotopic (exact) mass is 284 g/mol. The van der Waals surface area contributed by atoms with Gasteiger partial charge < -0.3 is 5.11 Å². The summed E-state index contributed by atoms with van der Waals surface area (Å²) in [7, 11) is 0. The van der Waals surface area contributed by atoms with Crippen LogP contribution in [-0.4, -0.2) is 11.1 Å². The second-order valence-electron chi connectivity index (χ2n) is 4.53. The van der Waals surface area contributed by atoms with Gasteiger partial charge in [0.15, 0.2) is 5.41 Å². The summed E-state index contributed by atoms with van der Waals surface area (Å²) in [4.78, 5) is 11.6. The standard InChI is InChI=1S/C17H13ClO2/c1-17(16(19)20,14-9-5-6-10-15(14)18)12-11-13-7-3-2-4-8-13/h2-10H,1H3,(H,19,20). The quantitative estimate of drug-likeness (QED) is 0.853. The molecule has 3 heteroatoms. The molecule has 0 bridgehead atoms. The van der Waals surface area contributed by atoms with Crippen molar-refractivity contribution in [3.05, 3.63) is 70.7 Å². The first-order valence-electron chi connectivity index (χ1n) is 6.10. The number of hydrogen-bond donors (Lipinski definition) is 1. The molecule has 0 amide bonds. The lowest BCUT2D eigenvalue weighted by Crippen LogP contribution is -2.31. The highest BCUT2D eigenvalue weighted by Crippen LogP contribution is 2.30. The molecule has 100 valence electrons. The zero-order valence-corrected chi connectivity index (χ0v) is 11.7. The van der Waals surface area contributed by atoms with Gasteiger partial charge in [-0.15, -0.1) is 0 Å². The lowest BCUT2D eigenvalue weighted by atomic mass is 9.83. The Morgan fingerprint density at radius 2 is 1.70 bits per heavy atom. The minimum atomic E-state index is -1.34. The molecule has 0 spiro atoms. The van der Waals surface area contributed by atoms with Gasteiger partial charge in [-0.2, -0.15) is 0 Å². The van der Waals surface area contributed by atoms with E-state index < -0.39 is 11.4 Å². The summed E-state index contributed by atoms with van der Waals surface area (Å²) >= 11 is 6.10. The van der Waals surface area contributed by atoms with E-state index in [1.807, 2.05) is 30.3 Å². The molecule has 0 saturated heterocycles. The summed E-state index contributed by atoms with van der Waals surface area (Å²) < 4.78 is 0. The van der Waals surface area contributed by atoms with Gasteiger partial charge in [0.05, 0.1) is 0 Å². The molecule has 0 aromatic heterocycles. The van der Waals surface area contributed by atoms with Crippen LogP contribution in [0.25, 0.3) is 0 Å². The van der Waals surface area contributed by atoms with Gasteiger partial charge in [0.25, 0.3) is 0 Å². The Morgan fingerprint density at radius 1 is 1.10 bits per heavy atom. The molecule has 20 heavy (non-hydrogen) atoms. The topological polar surface area (TPSA) is 37.3 Å². The van der Waals surface area contributed by atoms with Crippen molar-refractivity contribution in [2.45, 2.75) is 12.3 Å². The molecule has 0 heterocycles. The molecule has 0 aliphatic carbocycles. The molecule has 1 atom stereocenters. The van der Waals surface area contributed by atoms with E-state index in [1.54, 1.807) is 31.2 Å². The third-order valence-corrected chi connectivity index (χ3v) is 3.40. The molecule has 2 aromatic carbocycles. The molecule has 0 aliphatic rings. The molecular formula is C17H13ClO2. The Bertz CT molecular complexity index is 683. The van der Waals surface area contributed by atoms with E-state index in [4.69, 9.17) is 11.6 Å². The summed E-state index contributed by atoms with van der Waals surface area (Å²) in [6, 6.07) is 16.2. The highest BCUT2D eigenvalue weighted by atomic mass is 35.5. The molecular weight excluding hydrogens is 272 g/mol. The predicted molar refractivity (Wildman–Crippen MR) is 79.8 cm³/mol. The lowest BCUT2D eigenvalue weighted by molar-refractivity contribution is -0.140. The molecule has 2 aromatic rings. The molecule has 0 fully saturated rings. The van der Waals surface area contributed by atoms with Crippen molar-refractivity contribution in [1.29, 1.82) is 0 Å². The Hall–Kier alpha value is -2.24. The van der Waals surface area contributed by atoms with Crippen LogP contribution >= 0.6 is 11.6 Å². The molecule has 1 N–H and O–H groups in total. The summed E-state index contributed by atoms with van der Waals surface area (Å²) in [6.45, 7) is 1.56. The second-order valence-corrected chi connectivity index (χ2v) is 4.93. The summed E-state index contributed by atoms with van der Waals surface area (Å²) in [5, 5.41) is 9.93. The average molecular weight is 285 g/mol. The van der Waals surface area contributed by atoms with Crippen molar-refractivity contribution in [2.24, 2.45) is 0 Å². The zero-order valence-electron chi connectivity index (χ0n) is 10.9. The molecule has 0 saturated carbocycles. The summed E-state index contributed by atoms with van der Waals surface area (Å²) in [5.74, 6) is 4.72. The van der Waals surface area contributed by atoms with Crippen LogP contribution in [0.3, 0.4) is 0 Å². The number of carboxylic acids is 1. The van der Waals surface area contributed by atoms with Crippen LogP contribution in [0.5, 0.6) is 0 Å². The van der Waals surface area contributed by atoms with Crippen molar-refractivity contribution >= 4 is 17.6 Å². The van der Waals surface area contributed by atoms with E-state index in [9.17, 15) is 9.90 Å². The molecule has 2 nitrogen and oxygen atoms in total. The van der Waals surface area contributed by atoms with E-state index in [0.29, 0.717) is 10.6 Å². The van der Waals surface area contributed by atoms with E-state index in [-0.39, 0.29) is 0 Å². The van der Waals surface area contributed by atoms with Crippen molar-refractivity contribution in [3.8, 4) is 11.8 Å². The normalized spacial score (nSPS) is 12.9. The third-order valence-electron chi connectivity index (χ3n) is 3.07. The maximum absolute atomic E-state index is 11.6. The van der Waals surface area contributed by atoms with Gasteiger partial charge in [-0.05, 0) is 30.7 Å².